The Morgan fingerprint density at radius 2 is 1.88 bits per heavy atom. The Morgan fingerprint density at radius 1 is 1.12 bits per heavy atom. The van der Waals surface area contributed by atoms with E-state index in [2.05, 4.69) is 11.4 Å². The molecule has 33 heavy (non-hydrogen) atoms. The van der Waals surface area contributed by atoms with Gasteiger partial charge < -0.3 is 14.8 Å². The Labute approximate surface area is 190 Å². The zero-order valence-electron chi connectivity index (χ0n) is 18.1. The van der Waals surface area contributed by atoms with Crippen molar-refractivity contribution in [3.8, 4) is 17.6 Å². The maximum Gasteiger partial charge on any atom is 0.270 e. The number of rotatable bonds is 8. The van der Waals surface area contributed by atoms with Crippen molar-refractivity contribution in [1.29, 1.82) is 5.26 Å². The number of nitro benzene ring substituents is 1. The molecule has 1 amide bonds. The lowest BCUT2D eigenvalue weighted by Crippen LogP contribution is -2.20. The second-order valence-corrected chi connectivity index (χ2v) is 7.09. The van der Waals surface area contributed by atoms with E-state index in [1.165, 1.54) is 25.3 Å². The van der Waals surface area contributed by atoms with Crippen LogP contribution >= 0.6 is 0 Å². The average Bonchev–Trinajstić information content (AvgIpc) is 2.83. The molecule has 0 aliphatic rings. The minimum atomic E-state index is -0.511. The number of nitrogens with zero attached hydrogens (tertiary/aromatic N) is 2. The standard InChI is InChI=1S/C25H21N3O5/c1-17-6-9-21(10-7-17)27-25(29)16-33-23-11-8-18(13-24(23)32-2)12-20(15-26)19-4-3-5-22(14-19)28(30)31/h3-14H,16H2,1-2H3,(H,27,29)/b20-12-. The van der Waals surface area contributed by atoms with Crippen molar-refractivity contribution in [1.82, 2.24) is 0 Å². The van der Waals surface area contributed by atoms with Crippen LogP contribution in [-0.2, 0) is 4.79 Å². The second-order valence-electron chi connectivity index (χ2n) is 7.09. The number of ether oxygens (including phenoxy) is 2. The van der Waals surface area contributed by atoms with Gasteiger partial charge in [-0.15, -0.1) is 0 Å². The number of benzene rings is 3. The first-order valence-electron chi connectivity index (χ1n) is 9.93. The highest BCUT2D eigenvalue weighted by Gasteiger charge is 2.11. The first-order valence-corrected chi connectivity index (χ1v) is 9.93. The van der Waals surface area contributed by atoms with Gasteiger partial charge in [0.1, 0.15) is 0 Å². The lowest BCUT2D eigenvalue weighted by Gasteiger charge is -2.12. The summed E-state index contributed by atoms with van der Waals surface area (Å²) in [4.78, 5) is 22.7. The van der Waals surface area contributed by atoms with Crippen molar-refractivity contribution in [2.24, 2.45) is 0 Å². The molecular weight excluding hydrogens is 422 g/mol. The number of aryl methyl sites for hydroxylation is 1. The van der Waals surface area contributed by atoms with Crippen LogP contribution in [-0.4, -0.2) is 24.5 Å². The highest BCUT2D eigenvalue weighted by atomic mass is 16.6. The number of amides is 1. The maximum absolute atomic E-state index is 12.2. The number of carbonyl (C=O) groups is 1. The summed E-state index contributed by atoms with van der Waals surface area (Å²) < 4.78 is 11.0. The molecule has 3 aromatic rings. The van der Waals surface area contributed by atoms with E-state index in [1.807, 2.05) is 31.2 Å². The van der Waals surface area contributed by atoms with Crippen molar-refractivity contribution < 1.29 is 19.2 Å². The second kappa shape index (κ2) is 10.6. The number of nitrogens with one attached hydrogen (secondary N) is 1. The summed E-state index contributed by atoms with van der Waals surface area (Å²) in [6, 6.07) is 20.3. The first-order chi connectivity index (χ1) is 15.9. The lowest BCUT2D eigenvalue weighted by molar-refractivity contribution is -0.384. The number of non-ortho nitro benzene ring substituents is 1. The van der Waals surface area contributed by atoms with Gasteiger partial charge in [0.2, 0.25) is 0 Å². The predicted octanol–water partition coefficient (Wildman–Crippen LogP) is 4.99. The Bertz CT molecular complexity index is 1240. The molecule has 0 aromatic heterocycles. The predicted molar refractivity (Wildman–Crippen MR) is 125 cm³/mol. The van der Waals surface area contributed by atoms with Gasteiger partial charge in [0.25, 0.3) is 11.6 Å². The molecule has 1 N–H and O–H groups in total. The summed E-state index contributed by atoms with van der Waals surface area (Å²) in [6.07, 6.45) is 1.59. The van der Waals surface area contributed by atoms with Crippen LogP contribution in [0, 0.1) is 28.4 Å². The minimum Gasteiger partial charge on any atom is -0.493 e. The lowest BCUT2D eigenvalue weighted by atomic mass is 10.0. The summed E-state index contributed by atoms with van der Waals surface area (Å²) in [5.74, 6) is 0.424. The van der Waals surface area contributed by atoms with E-state index in [0.717, 1.165) is 5.56 Å². The van der Waals surface area contributed by atoms with Crippen molar-refractivity contribution in [2.45, 2.75) is 6.92 Å². The van der Waals surface area contributed by atoms with Gasteiger partial charge in [0.15, 0.2) is 18.1 Å². The van der Waals surface area contributed by atoms with Gasteiger partial charge in [0.05, 0.1) is 23.7 Å². The SMILES string of the molecule is COc1cc(/C=C(/C#N)c2cccc([N+](=O)[O-])c2)ccc1OCC(=O)Nc1ccc(C)cc1. The Hall–Kier alpha value is -4.64. The summed E-state index contributed by atoms with van der Waals surface area (Å²) in [5, 5.41) is 23.3. The largest absolute Gasteiger partial charge is 0.493 e. The number of nitro groups is 1. The van der Waals surface area contributed by atoms with E-state index in [0.29, 0.717) is 28.3 Å². The molecule has 0 saturated heterocycles. The zero-order chi connectivity index (χ0) is 23.8. The molecule has 0 saturated carbocycles. The molecular formula is C25H21N3O5. The van der Waals surface area contributed by atoms with Crippen LogP contribution in [0.25, 0.3) is 11.6 Å². The highest BCUT2D eigenvalue weighted by Crippen LogP contribution is 2.30. The zero-order valence-corrected chi connectivity index (χ0v) is 18.1. The topological polar surface area (TPSA) is 114 Å². The fourth-order valence-corrected chi connectivity index (χ4v) is 3.00. The molecule has 0 aliphatic heterocycles. The number of anilines is 1. The molecule has 0 bridgehead atoms. The summed E-state index contributed by atoms with van der Waals surface area (Å²) in [7, 11) is 1.47. The minimum absolute atomic E-state index is 0.0982. The van der Waals surface area contributed by atoms with Crippen LogP contribution in [0.2, 0.25) is 0 Å². The van der Waals surface area contributed by atoms with Crippen LogP contribution in [0.5, 0.6) is 11.5 Å². The molecule has 0 heterocycles. The number of hydrogen-bond acceptors (Lipinski definition) is 6. The fourth-order valence-electron chi connectivity index (χ4n) is 3.00. The summed E-state index contributed by atoms with van der Waals surface area (Å²) in [5.41, 5.74) is 2.98. The smallest absolute Gasteiger partial charge is 0.270 e. The quantitative estimate of drug-likeness (QED) is 0.227. The molecule has 0 aliphatic carbocycles. The Kier molecular flexibility index (Phi) is 7.39. The molecule has 0 radical (unpaired) electrons. The van der Waals surface area contributed by atoms with Crippen molar-refractivity contribution in [2.75, 3.05) is 19.0 Å². The number of hydrogen-bond donors (Lipinski definition) is 1. The van der Waals surface area contributed by atoms with Crippen LogP contribution < -0.4 is 14.8 Å². The molecule has 3 aromatic carbocycles. The molecule has 0 unspecified atom stereocenters. The van der Waals surface area contributed by atoms with Crippen molar-refractivity contribution in [3.63, 3.8) is 0 Å². The monoisotopic (exact) mass is 443 g/mol. The summed E-state index contributed by atoms with van der Waals surface area (Å²) >= 11 is 0. The Balaban J connectivity index is 1.74. The molecule has 8 heteroatoms. The number of nitriles is 1. The Morgan fingerprint density at radius 3 is 2.55 bits per heavy atom. The molecule has 166 valence electrons. The highest BCUT2D eigenvalue weighted by molar-refractivity contribution is 5.92. The van der Waals surface area contributed by atoms with E-state index in [9.17, 15) is 20.2 Å². The third-order valence-electron chi connectivity index (χ3n) is 4.68. The molecule has 8 nitrogen and oxygen atoms in total. The third kappa shape index (κ3) is 6.18. The van der Waals surface area contributed by atoms with E-state index in [4.69, 9.17) is 9.47 Å². The van der Waals surface area contributed by atoms with Gasteiger partial charge in [0, 0.05) is 17.8 Å². The van der Waals surface area contributed by atoms with Crippen LogP contribution in [0.15, 0.2) is 66.7 Å². The number of allylic oxidation sites excluding steroid dienone is 1. The van der Waals surface area contributed by atoms with Crippen molar-refractivity contribution in [3.05, 3.63) is 93.5 Å². The van der Waals surface area contributed by atoms with E-state index in [1.54, 1.807) is 30.3 Å². The van der Waals surface area contributed by atoms with E-state index >= 15 is 0 Å². The molecule has 0 atom stereocenters. The molecule has 0 spiro atoms. The van der Waals surface area contributed by atoms with Crippen LogP contribution in [0.3, 0.4) is 0 Å². The average molecular weight is 443 g/mol. The molecule has 0 fully saturated rings. The van der Waals surface area contributed by atoms with Gasteiger partial charge in [-0.05, 0) is 48.4 Å². The van der Waals surface area contributed by atoms with Gasteiger partial charge in [-0.3, -0.25) is 14.9 Å². The van der Waals surface area contributed by atoms with E-state index in [-0.39, 0.29) is 23.8 Å². The fraction of sp³-hybridized carbons (Fsp3) is 0.120. The van der Waals surface area contributed by atoms with Crippen molar-refractivity contribution >= 4 is 28.9 Å². The third-order valence-corrected chi connectivity index (χ3v) is 4.68. The van der Waals surface area contributed by atoms with Gasteiger partial charge in [-0.1, -0.05) is 35.9 Å². The number of carbonyl (C=O) groups excluding carboxylic acids is 1. The normalized spacial score (nSPS) is 10.8. The van der Waals surface area contributed by atoms with Crippen LogP contribution in [0.4, 0.5) is 11.4 Å². The summed E-state index contributed by atoms with van der Waals surface area (Å²) in [6.45, 7) is 1.75. The van der Waals surface area contributed by atoms with Gasteiger partial charge in [-0.2, -0.15) is 5.26 Å². The van der Waals surface area contributed by atoms with E-state index < -0.39 is 4.92 Å². The molecule has 3 rings (SSSR count). The maximum atomic E-state index is 12.2. The number of methoxy groups -OCH3 is 1. The van der Waals surface area contributed by atoms with Gasteiger partial charge >= 0.3 is 0 Å². The van der Waals surface area contributed by atoms with Crippen LogP contribution in [0.1, 0.15) is 16.7 Å². The van der Waals surface area contributed by atoms with Gasteiger partial charge in [-0.25, -0.2) is 0 Å². The first kappa shape index (κ1) is 23.0.